The number of amides is 1. The molecule has 1 aromatic heterocycles. The van der Waals surface area contributed by atoms with Crippen LogP contribution in [0.25, 0.3) is 0 Å². The molecule has 1 amide bonds. The van der Waals surface area contributed by atoms with E-state index in [9.17, 15) is 4.79 Å². The summed E-state index contributed by atoms with van der Waals surface area (Å²) in [4.78, 5) is 13.8. The molecular formula is C13H23N3OS. The van der Waals surface area contributed by atoms with Crippen molar-refractivity contribution in [1.29, 1.82) is 0 Å². The number of likely N-dealkylation sites (N-methyl/N-ethyl adjacent to an activating group) is 1. The fraction of sp³-hybridized carbons (Fsp3) is 0.692. The summed E-state index contributed by atoms with van der Waals surface area (Å²) in [5, 5.41) is 4.44. The molecule has 0 N–H and O–H groups in total. The van der Waals surface area contributed by atoms with E-state index in [-0.39, 0.29) is 11.2 Å². The number of carbonyl (C=O) groups is 1. The van der Waals surface area contributed by atoms with Crippen molar-refractivity contribution in [1.82, 2.24) is 14.7 Å². The van der Waals surface area contributed by atoms with E-state index in [2.05, 4.69) is 18.1 Å². The van der Waals surface area contributed by atoms with E-state index >= 15 is 0 Å². The van der Waals surface area contributed by atoms with Crippen LogP contribution in [0.2, 0.25) is 0 Å². The molecule has 0 aliphatic rings. The minimum Gasteiger partial charge on any atom is -0.343 e. The van der Waals surface area contributed by atoms with Crippen LogP contribution in [0.4, 0.5) is 0 Å². The molecule has 102 valence electrons. The molecule has 18 heavy (non-hydrogen) atoms. The van der Waals surface area contributed by atoms with E-state index in [1.165, 1.54) is 0 Å². The Morgan fingerprint density at radius 2 is 2.22 bits per heavy atom. The van der Waals surface area contributed by atoms with Gasteiger partial charge in [-0.15, -0.1) is 11.8 Å². The van der Waals surface area contributed by atoms with E-state index in [0.29, 0.717) is 6.54 Å². The first-order chi connectivity index (χ1) is 8.45. The van der Waals surface area contributed by atoms with Gasteiger partial charge in [0.25, 0.3) is 0 Å². The second kappa shape index (κ2) is 6.83. The average Bonchev–Trinajstić information content (AvgIpc) is 2.64. The van der Waals surface area contributed by atoms with Crippen LogP contribution in [-0.4, -0.2) is 45.2 Å². The van der Waals surface area contributed by atoms with E-state index in [0.717, 1.165) is 23.7 Å². The van der Waals surface area contributed by atoms with Crippen molar-refractivity contribution in [3.8, 4) is 0 Å². The highest BCUT2D eigenvalue weighted by molar-refractivity contribution is 8.00. The molecule has 1 heterocycles. The van der Waals surface area contributed by atoms with Gasteiger partial charge in [0.05, 0.1) is 17.5 Å². The Hall–Kier alpha value is -0.970. The minimum atomic E-state index is 0.0421. The molecule has 0 aromatic carbocycles. The van der Waals surface area contributed by atoms with Crippen molar-refractivity contribution < 1.29 is 4.79 Å². The topological polar surface area (TPSA) is 38.1 Å². The van der Waals surface area contributed by atoms with Gasteiger partial charge in [-0.2, -0.15) is 5.10 Å². The third kappa shape index (κ3) is 4.05. The molecule has 1 rings (SSSR count). The van der Waals surface area contributed by atoms with Crippen molar-refractivity contribution in [2.75, 3.05) is 19.3 Å². The smallest absolute Gasteiger partial charge is 0.235 e. The van der Waals surface area contributed by atoms with Crippen molar-refractivity contribution >= 4 is 17.7 Å². The summed E-state index contributed by atoms with van der Waals surface area (Å²) in [6.07, 6.45) is 0. The fourth-order valence-corrected chi connectivity index (χ4v) is 2.71. The molecule has 1 unspecified atom stereocenters. The van der Waals surface area contributed by atoms with Crippen LogP contribution in [0, 0.1) is 13.8 Å². The van der Waals surface area contributed by atoms with Crippen molar-refractivity contribution in [3.63, 3.8) is 0 Å². The summed E-state index contributed by atoms with van der Waals surface area (Å²) in [5.74, 6) is 1.17. The van der Waals surface area contributed by atoms with Gasteiger partial charge in [0.1, 0.15) is 0 Å². The first-order valence-electron chi connectivity index (χ1n) is 6.33. The van der Waals surface area contributed by atoms with Gasteiger partial charge in [-0.1, -0.05) is 6.92 Å². The summed E-state index contributed by atoms with van der Waals surface area (Å²) in [7, 11) is 1.86. The number of hydrogen-bond acceptors (Lipinski definition) is 3. The zero-order valence-corrected chi connectivity index (χ0v) is 12.8. The van der Waals surface area contributed by atoms with Crippen molar-refractivity contribution in [2.45, 2.75) is 39.5 Å². The molecule has 0 spiro atoms. The summed E-state index contributed by atoms with van der Waals surface area (Å²) in [6.45, 7) is 9.52. The third-order valence-corrected chi connectivity index (χ3v) is 3.93. The molecule has 0 bridgehead atoms. The van der Waals surface area contributed by atoms with Gasteiger partial charge >= 0.3 is 0 Å². The Labute approximate surface area is 114 Å². The maximum absolute atomic E-state index is 12.0. The van der Waals surface area contributed by atoms with Gasteiger partial charge in [0.15, 0.2) is 0 Å². The molecule has 0 aliphatic heterocycles. The van der Waals surface area contributed by atoms with Crippen LogP contribution in [0.3, 0.4) is 0 Å². The summed E-state index contributed by atoms with van der Waals surface area (Å²) >= 11 is 1.68. The van der Waals surface area contributed by atoms with Gasteiger partial charge in [-0.25, -0.2) is 0 Å². The second-order valence-electron chi connectivity index (χ2n) is 4.51. The minimum absolute atomic E-state index is 0.0421. The van der Waals surface area contributed by atoms with E-state index in [1.807, 2.05) is 32.5 Å². The van der Waals surface area contributed by atoms with Crippen LogP contribution in [-0.2, 0) is 11.3 Å². The van der Waals surface area contributed by atoms with Gasteiger partial charge in [0, 0.05) is 19.3 Å². The maximum Gasteiger partial charge on any atom is 0.235 e. The van der Waals surface area contributed by atoms with Gasteiger partial charge in [-0.3, -0.25) is 9.48 Å². The van der Waals surface area contributed by atoms with Crippen molar-refractivity contribution in [2.24, 2.45) is 0 Å². The molecule has 1 aromatic rings. The highest BCUT2D eigenvalue weighted by Crippen LogP contribution is 2.12. The highest BCUT2D eigenvalue weighted by atomic mass is 32.2. The monoisotopic (exact) mass is 269 g/mol. The van der Waals surface area contributed by atoms with Gasteiger partial charge < -0.3 is 4.90 Å². The molecular weight excluding hydrogens is 246 g/mol. The third-order valence-electron chi connectivity index (χ3n) is 2.89. The zero-order valence-electron chi connectivity index (χ0n) is 11.9. The van der Waals surface area contributed by atoms with Crippen LogP contribution < -0.4 is 0 Å². The predicted molar refractivity (Wildman–Crippen MR) is 76.9 cm³/mol. The number of aromatic nitrogens is 2. The van der Waals surface area contributed by atoms with Crippen LogP contribution >= 0.6 is 11.8 Å². The van der Waals surface area contributed by atoms with Crippen molar-refractivity contribution in [3.05, 3.63) is 17.5 Å². The zero-order chi connectivity index (χ0) is 13.7. The average molecular weight is 269 g/mol. The number of nitrogens with zero attached hydrogens (tertiary/aromatic N) is 3. The highest BCUT2D eigenvalue weighted by Gasteiger charge is 2.17. The lowest BCUT2D eigenvalue weighted by Gasteiger charge is -2.21. The Balaban J connectivity index is 2.48. The number of carbonyl (C=O) groups excluding carboxylic acids is 1. The molecule has 0 radical (unpaired) electrons. The number of rotatable bonds is 6. The van der Waals surface area contributed by atoms with E-state index in [4.69, 9.17) is 0 Å². The maximum atomic E-state index is 12.0. The lowest BCUT2D eigenvalue weighted by molar-refractivity contribution is -0.129. The Morgan fingerprint density at radius 1 is 1.56 bits per heavy atom. The van der Waals surface area contributed by atoms with Crippen LogP contribution in [0.1, 0.15) is 25.2 Å². The number of thioether (sulfide) groups is 1. The summed E-state index contributed by atoms with van der Waals surface area (Å²) in [5.41, 5.74) is 2.17. The largest absolute Gasteiger partial charge is 0.343 e. The SMILES string of the molecule is CCSC(C)C(=O)N(C)CCn1nc(C)cc1C. The Bertz CT molecular complexity index is 403. The summed E-state index contributed by atoms with van der Waals surface area (Å²) < 4.78 is 1.96. The molecule has 0 fully saturated rings. The lowest BCUT2D eigenvalue weighted by atomic mass is 10.4. The normalized spacial score (nSPS) is 12.5. The van der Waals surface area contributed by atoms with Crippen LogP contribution in [0.15, 0.2) is 6.07 Å². The fourth-order valence-electron chi connectivity index (χ4n) is 1.89. The first-order valence-corrected chi connectivity index (χ1v) is 7.38. The first kappa shape index (κ1) is 15.1. The second-order valence-corrected chi connectivity index (χ2v) is 6.13. The van der Waals surface area contributed by atoms with Gasteiger partial charge in [0.2, 0.25) is 5.91 Å². The Morgan fingerprint density at radius 3 is 2.72 bits per heavy atom. The Kier molecular flexibility index (Phi) is 5.72. The van der Waals surface area contributed by atoms with Crippen LogP contribution in [0.5, 0.6) is 0 Å². The van der Waals surface area contributed by atoms with E-state index in [1.54, 1.807) is 16.7 Å². The molecule has 4 nitrogen and oxygen atoms in total. The molecule has 0 saturated heterocycles. The number of hydrogen-bond donors (Lipinski definition) is 0. The predicted octanol–water partition coefficient (Wildman–Crippen LogP) is 2.10. The molecule has 0 saturated carbocycles. The molecule has 0 aliphatic carbocycles. The molecule has 5 heteroatoms. The quantitative estimate of drug-likeness (QED) is 0.794. The van der Waals surface area contributed by atoms with Gasteiger partial charge in [-0.05, 0) is 32.6 Å². The summed E-state index contributed by atoms with van der Waals surface area (Å²) in [6, 6.07) is 2.05. The lowest BCUT2D eigenvalue weighted by Crippen LogP contribution is -2.35. The molecule has 1 atom stereocenters. The number of aryl methyl sites for hydroxylation is 2. The van der Waals surface area contributed by atoms with E-state index < -0.39 is 0 Å². The standard InChI is InChI=1S/C13H23N3OS/c1-6-18-12(4)13(17)15(5)7-8-16-11(3)9-10(2)14-16/h9,12H,6-8H2,1-5H3.